The number of hydrogen-bond acceptors (Lipinski definition) is 4. The van der Waals surface area contributed by atoms with Crippen LogP contribution in [0, 0.1) is 0 Å². The molecule has 2 N–H and O–H groups in total. The topological polar surface area (TPSA) is 41.6 Å². The Morgan fingerprint density at radius 2 is 2.40 bits per heavy atom. The second-order valence-electron chi connectivity index (χ2n) is 4.42. The number of thiophene rings is 1. The zero-order valence-electron chi connectivity index (χ0n) is 8.65. The molecule has 2 aliphatic rings. The molecule has 0 unspecified atom stereocenters. The fraction of sp³-hybridized carbons (Fsp3) is 0.545. The first-order valence-electron chi connectivity index (χ1n) is 5.40. The van der Waals surface area contributed by atoms with Gasteiger partial charge in [0.25, 0.3) is 0 Å². The van der Waals surface area contributed by atoms with Crippen molar-refractivity contribution < 1.29 is 0 Å². The Hall–Kier alpha value is -1.03. The highest BCUT2D eigenvalue weighted by molar-refractivity contribution is 7.09. The molecular weight excluding hydrogens is 206 g/mol. The number of hydrogen-bond donors (Lipinski definition) is 1. The van der Waals surface area contributed by atoms with E-state index in [-0.39, 0.29) is 5.54 Å². The summed E-state index contributed by atoms with van der Waals surface area (Å²) >= 11 is 1.79. The Bertz CT molecular complexity index is 379. The molecule has 1 saturated carbocycles. The van der Waals surface area contributed by atoms with Gasteiger partial charge in [-0.25, -0.2) is 0 Å². The highest BCUT2D eigenvalue weighted by Gasteiger charge is 2.46. The minimum Gasteiger partial charge on any atom is -0.370 e. The van der Waals surface area contributed by atoms with Crippen molar-refractivity contribution in [3.05, 3.63) is 22.4 Å². The minimum atomic E-state index is 0.286. The van der Waals surface area contributed by atoms with Crippen LogP contribution in [0.3, 0.4) is 0 Å². The Morgan fingerprint density at radius 3 is 3.00 bits per heavy atom. The van der Waals surface area contributed by atoms with E-state index >= 15 is 0 Å². The van der Waals surface area contributed by atoms with Gasteiger partial charge in [0.1, 0.15) is 0 Å². The van der Waals surface area contributed by atoms with E-state index in [2.05, 4.69) is 27.4 Å². The molecule has 0 radical (unpaired) electrons. The first-order valence-corrected chi connectivity index (χ1v) is 6.28. The largest absolute Gasteiger partial charge is 0.370 e. The minimum absolute atomic E-state index is 0.286. The van der Waals surface area contributed by atoms with E-state index < -0.39 is 0 Å². The van der Waals surface area contributed by atoms with E-state index in [1.54, 1.807) is 11.3 Å². The molecule has 1 aromatic heterocycles. The predicted octanol–water partition coefficient (Wildman–Crippen LogP) is 1.80. The first kappa shape index (κ1) is 9.21. The van der Waals surface area contributed by atoms with E-state index in [1.165, 1.54) is 24.1 Å². The summed E-state index contributed by atoms with van der Waals surface area (Å²) < 4.78 is 0. The standard InChI is InChI=1S/C11H15N3S/c12-10-13-8-11(4-2-5-11)14(10)7-9-3-1-6-15-9/h1,3,6H,2,4-5,7-8H2,(H2,12,13). The average molecular weight is 221 g/mol. The monoisotopic (exact) mass is 221 g/mol. The summed E-state index contributed by atoms with van der Waals surface area (Å²) in [6, 6.07) is 4.26. The number of rotatable bonds is 2. The van der Waals surface area contributed by atoms with Gasteiger partial charge in [0.05, 0.1) is 18.6 Å². The van der Waals surface area contributed by atoms with Crippen molar-refractivity contribution >= 4 is 17.3 Å². The van der Waals surface area contributed by atoms with Crippen molar-refractivity contribution in [2.75, 3.05) is 6.54 Å². The quantitative estimate of drug-likeness (QED) is 0.827. The van der Waals surface area contributed by atoms with Crippen molar-refractivity contribution in [3.8, 4) is 0 Å². The van der Waals surface area contributed by atoms with Crippen LogP contribution < -0.4 is 5.73 Å². The highest BCUT2D eigenvalue weighted by Crippen LogP contribution is 2.41. The van der Waals surface area contributed by atoms with E-state index in [0.29, 0.717) is 0 Å². The van der Waals surface area contributed by atoms with Crippen LogP contribution in [0.15, 0.2) is 22.5 Å². The number of aliphatic imine (C=N–C) groups is 1. The van der Waals surface area contributed by atoms with Crippen molar-refractivity contribution in [2.45, 2.75) is 31.3 Å². The Kier molecular flexibility index (Phi) is 1.99. The van der Waals surface area contributed by atoms with E-state index in [9.17, 15) is 0 Å². The summed E-state index contributed by atoms with van der Waals surface area (Å²) in [6.07, 6.45) is 3.83. The number of nitrogens with two attached hydrogens (primary N) is 1. The molecule has 0 aromatic carbocycles. The van der Waals surface area contributed by atoms with Crippen LogP contribution in [0.2, 0.25) is 0 Å². The highest BCUT2D eigenvalue weighted by atomic mass is 32.1. The summed E-state index contributed by atoms with van der Waals surface area (Å²) in [5, 5.41) is 2.12. The van der Waals surface area contributed by atoms with Gasteiger partial charge in [0.15, 0.2) is 5.96 Å². The lowest BCUT2D eigenvalue weighted by molar-refractivity contribution is 0.0963. The van der Waals surface area contributed by atoms with E-state index in [4.69, 9.17) is 5.73 Å². The third kappa shape index (κ3) is 1.35. The second kappa shape index (κ2) is 3.23. The van der Waals surface area contributed by atoms with Crippen molar-refractivity contribution in [3.63, 3.8) is 0 Å². The third-order valence-corrected chi connectivity index (χ3v) is 4.42. The first-order chi connectivity index (χ1) is 7.30. The van der Waals surface area contributed by atoms with Crippen molar-refractivity contribution in [2.24, 2.45) is 10.7 Å². The SMILES string of the molecule is NC1=NCC2(CCC2)N1Cc1cccs1. The molecule has 3 rings (SSSR count). The fourth-order valence-corrected chi connectivity index (χ4v) is 3.15. The van der Waals surface area contributed by atoms with Crippen LogP contribution in [0.1, 0.15) is 24.1 Å². The maximum absolute atomic E-state index is 5.96. The van der Waals surface area contributed by atoms with Gasteiger partial charge in [0, 0.05) is 4.88 Å². The molecule has 0 atom stereocenters. The van der Waals surface area contributed by atoms with Crippen LogP contribution in [-0.2, 0) is 6.54 Å². The molecule has 15 heavy (non-hydrogen) atoms. The third-order valence-electron chi connectivity index (χ3n) is 3.56. The maximum Gasteiger partial charge on any atom is 0.192 e. The molecule has 4 heteroatoms. The van der Waals surface area contributed by atoms with E-state index in [0.717, 1.165) is 19.0 Å². The summed E-state index contributed by atoms with van der Waals surface area (Å²) in [4.78, 5) is 8.08. The van der Waals surface area contributed by atoms with Gasteiger partial charge in [-0.1, -0.05) is 6.07 Å². The lowest BCUT2D eigenvalue weighted by atomic mass is 9.76. The normalized spacial score (nSPS) is 22.9. The molecule has 1 aliphatic heterocycles. The average Bonchev–Trinajstić information content (AvgIpc) is 2.75. The van der Waals surface area contributed by atoms with Crippen LogP contribution in [0.5, 0.6) is 0 Å². The Labute approximate surface area is 93.6 Å². The summed E-state index contributed by atoms with van der Waals surface area (Å²) in [5.74, 6) is 0.739. The molecule has 3 nitrogen and oxygen atoms in total. The molecule has 0 amide bonds. The van der Waals surface area contributed by atoms with Crippen LogP contribution in [0.25, 0.3) is 0 Å². The van der Waals surface area contributed by atoms with E-state index in [1.807, 2.05) is 0 Å². The zero-order chi connectivity index (χ0) is 10.3. The zero-order valence-corrected chi connectivity index (χ0v) is 9.46. The fourth-order valence-electron chi connectivity index (χ4n) is 2.46. The van der Waals surface area contributed by atoms with Gasteiger partial charge in [-0.2, -0.15) is 0 Å². The summed E-state index contributed by atoms with van der Waals surface area (Å²) in [6.45, 7) is 1.84. The molecule has 1 aliphatic carbocycles. The number of guanidine groups is 1. The Morgan fingerprint density at radius 1 is 1.53 bits per heavy atom. The summed E-state index contributed by atoms with van der Waals surface area (Å²) in [7, 11) is 0. The van der Waals surface area contributed by atoms with Crippen LogP contribution >= 0.6 is 11.3 Å². The van der Waals surface area contributed by atoms with Gasteiger partial charge in [-0.3, -0.25) is 4.99 Å². The van der Waals surface area contributed by atoms with Gasteiger partial charge in [-0.15, -0.1) is 11.3 Å². The van der Waals surface area contributed by atoms with Gasteiger partial charge in [0.2, 0.25) is 0 Å². The molecule has 1 fully saturated rings. The summed E-state index contributed by atoms with van der Waals surface area (Å²) in [5.41, 5.74) is 6.25. The molecular formula is C11H15N3S. The molecule has 2 heterocycles. The smallest absolute Gasteiger partial charge is 0.192 e. The van der Waals surface area contributed by atoms with Crippen molar-refractivity contribution in [1.29, 1.82) is 0 Å². The van der Waals surface area contributed by atoms with Crippen molar-refractivity contribution in [1.82, 2.24) is 4.90 Å². The lowest BCUT2D eigenvalue weighted by Gasteiger charge is -2.46. The molecule has 80 valence electrons. The molecule has 0 bridgehead atoms. The molecule has 1 spiro atoms. The Balaban J connectivity index is 1.80. The van der Waals surface area contributed by atoms with Crippen LogP contribution in [-0.4, -0.2) is 22.9 Å². The second-order valence-corrected chi connectivity index (χ2v) is 5.45. The molecule has 1 aromatic rings. The molecule has 0 saturated heterocycles. The lowest BCUT2D eigenvalue weighted by Crippen LogP contribution is -2.55. The van der Waals surface area contributed by atoms with Crippen LogP contribution in [0.4, 0.5) is 0 Å². The predicted molar refractivity (Wildman–Crippen MR) is 62.9 cm³/mol. The van der Waals surface area contributed by atoms with Gasteiger partial charge in [-0.05, 0) is 30.7 Å². The number of nitrogens with zero attached hydrogens (tertiary/aromatic N) is 2. The maximum atomic E-state index is 5.96. The van der Waals surface area contributed by atoms with Gasteiger partial charge >= 0.3 is 0 Å². The van der Waals surface area contributed by atoms with Gasteiger partial charge < -0.3 is 10.6 Å².